The Bertz CT molecular complexity index is 874. The van der Waals surface area contributed by atoms with Crippen molar-refractivity contribution in [2.24, 2.45) is 5.92 Å². The Morgan fingerprint density at radius 1 is 1.08 bits per heavy atom. The number of hydrogen-bond donors (Lipinski definition) is 0. The van der Waals surface area contributed by atoms with Crippen LogP contribution in [-0.4, -0.2) is 39.0 Å². The van der Waals surface area contributed by atoms with E-state index in [0.717, 1.165) is 29.1 Å². The van der Waals surface area contributed by atoms with Crippen LogP contribution in [0.5, 0.6) is 0 Å². The molecule has 1 aliphatic rings. The number of carboxylic acid groups (broad SMARTS) is 1. The van der Waals surface area contributed by atoms with Crippen molar-refractivity contribution >= 4 is 5.97 Å². The van der Waals surface area contributed by atoms with E-state index in [9.17, 15) is 9.90 Å². The summed E-state index contributed by atoms with van der Waals surface area (Å²) in [6.07, 6.45) is 1.91. The van der Waals surface area contributed by atoms with E-state index in [-0.39, 0.29) is 35.5 Å². The summed E-state index contributed by atoms with van der Waals surface area (Å²) in [7, 11) is 0. The zero-order chi connectivity index (χ0) is 17.2. The molecule has 1 aromatic heterocycles. The van der Waals surface area contributed by atoms with Gasteiger partial charge in [-0.15, -0.1) is 5.10 Å². The number of aromatic nitrogens is 3. The molecule has 2 heterocycles. The Labute approximate surface area is 173 Å². The first-order valence-electron chi connectivity index (χ1n) is 8.19. The van der Waals surface area contributed by atoms with Gasteiger partial charge in [-0.3, -0.25) is 4.90 Å². The maximum atomic E-state index is 10.7. The molecule has 3 aromatic rings. The quantitative estimate of drug-likeness (QED) is 0.501. The predicted molar refractivity (Wildman–Crippen MR) is 90.6 cm³/mol. The van der Waals surface area contributed by atoms with Gasteiger partial charge in [0.2, 0.25) is 0 Å². The number of carbonyl (C=O) groups is 1. The summed E-state index contributed by atoms with van der Waals surface area (Å²) in [6.45, 7) is 1.87. The molecular weight excluding hydrogens is 339 g/mol. The van der Waals surface area contributed by atoms with Crippen molar-refractivity contribution in [1.29, 1.82) is 0 Å². The van der Waals surface area contributed by atoms with Gasteiger partial charge in [-0.1, -0.05) is 47.7 Å². The molecule has 26 heavy (non-hydrogen) atoms. The van der Waals surface area contributed by atoms with E-state index in [1.807, 2.05) is 60.8 Å². The molecule has 7 heteroatoms. The van der Waals surface area contributed by atoms with Crippen LogP contribution in [0, 0.1) is 5.92 Å². The standard InChI is InChI=1S/C19H18N4O2.Na/c24-19(25)16-11-22(12-16)10-14-6-8-17(9-7-14)23-13-18(20-21-23)15-4-2-1-3-5-15;/h1-9,13,16H,10-12H2,(H,24,25);/q;+1/p-1. The number of hydrogen-bond acceptors (Lipinski definition) is 5. The van der Waals surface area contributed by atoms with Gasteiger partial charge in [-0.2, -0.15) is 0 Å². The molecule has 0 radical (unpaired) electrons. The fraction of sp³-hybridized carbons (Fsp3) is 0.211. The van der Waals surface area contributed by atoms with Gasteiger partial charge in [0, 0.05) is 37.1 Å². The van der Waals surface area contributed by atoms with E-state index in [4.69, 9.17) is 0 Å². The van der Waals surface area contributed by atoms with Crippen LogP contribution in [0.1, 0.15) is 5.56 Å². The van der Waals surface area contributed by atoms with E-state index < -0.39 is 5.97 Å². The maximum absolute atomic E-state index is 10.7. The minimum atomic E-state index is -0.952. The van der Waals surface area contributed by atoms with Crippen LogP contribution in [-0.2, 0) is 11.3 Å². The third-order valence-electron chi connectivity index (χ3n) is 4.46. The molecule has 0 N–H and O–H groups in total. The van der Waals surface area contributed by atoms with Crippen molar-refractivity contribution in [1.82, 2.24) is 19.9 Å². The SMILES string of the molecule is O=C([O-])C1CN(Cc2ccc(-n3cc(-c4ccccc4)nn3)cc2)C1.[Na+]. The fourth-order valence-electron chi connectivity index (χ4n) is 2.99. The van der Waals surface area contributed by atoms with E-state index in [0.29, 0.717) is 13.1 Å². The summed E-state index contributed by atoms with van der Waals surface area (Å²) in [6, 6.07) is 18.0. The Hall–Kier alpha value is -1.99. The Balaban J connectivity index is 0.00000196. The third-order valence-corrected chi connectivity index (χ3v) is 4.46. The molecule has 0 bridgehead atoms. The molecule has 2 aromatic carbocycles. The van der Waals surface area contributed by atoms with Crippen molar-refractivity contribution in [3.05, 3.63) is 66.4 Å². The summed E-state index contributed by atoms with van der Waals surface area (Å²) in [5.41, 5.74) is 3.95. The zero-order valence-corrected chi connectivity index (χ0v) is 16.6. The van der Waals surface area contributed by atoms with Crippen LogP contribution >= 0.6 is 0 Å². The first-order chi connectivity index (χ1) is 12.2. The molecule has 126 valence electrons. The number of rotatable bonds is 5. The first-order valence-corrected chi connectivity index (χ1v) is 8.19. The average molecular weight is 356 g/mol. The number of carboxylic acids is 1. The summed E-state index contributed by atoms with van der Waals surface area (Å²) < 4.78 is 1.75. The Morgan fingerprint density at radius 3 is 2.42 bits per heavy atom. The summed E-state index contributed by atoms with van der Waals surface area (Å²) in [4.78, 5) is 12.8. The number of nitrogens with zero attached hydrogens (tertiary/aromatic N) is 4. The smallest absolute Gasteiger partial charge is 0.550 e. The first kappa shape index (κ1) is 18.8. The second-order valence-electron chi connectivity index (χ2n) is 6.29. The zero-order valence-electron chi connectivity index (χ0n) is 14.6. The molecule has 4 rings (SSSR count). The van der Waals surface area contributed by atoms with Gasteiger partial charge >= 0.3 is 29.6 Å². The molecule has 0 saturated carbocycles. The van der Waals surface area contributed by atoms with Crippen molar-refractivity contribution < 1.29 is 39.5 Å². The predicted octanol–water partition coefficient (Wildman–Crippen LogP) is -1.88. The van der Waals surface area contributed by atoms with Crippen molar-refractivity contribution in [3.8, 4) is 16.9 Å². The summed E-state index contributed by atoms with van der Waals surface area (Å²) >= 11 is 0. The third kappa shape index (κ3) is 4.04. The van der Waals surface area contributed by atoms with Crippen LogP contribution in [0.15, 0.2) is 60.8 Å². The molecule has 0 unspecified atom stereocenters. The normalized spacial score (nSPS) is 14.5. The maximum Gasteiger partial charge on any atom is 1.00 e. The van der Waals surface area contributed by atoms with Gasteiger partial charge in [0.25, 0.3) is 0 Å². The molecule has 0 amide bonds. The van der Waals surface area contributed by atoms with Gasteiger partial charge in [0.1, 0.15) is 5.69 Å². The second kappa shape index (κ2) is 8.14. The van der Waals surface area contributed by atoms with Gasteiger partial charge in [0.05, 0.1) is 11.9 Å². The molecular formula is C19H17N4NaO2. The fourth-order valence-corrected chi connectivity index (χ4v) is 2.99. The largest absolute Gasteiger partial charge is 1.00 e. The van der Waals surface area contributed by atoms with Gasteiger partial charge < -0.3 is 9.90 Å². The minimum Gasteiger partial charge on any atom is -0.550 e. The van der Waals surface area contributed by atoms with Crippen LogP contribution in [0.25, 0.3) is 16.9 Å². The Morgan fingerprint density at radius 2 is 1.77 bits per heavy atom. The monoisotopic (exact) mass is 356 g/mol. The van der Waals surface area contributed by atoms with Gasteiger partial charge in [-0.05, 0) is 17.7 Å². The van der Waals surface area contributed by atoms with Crippen molar-refractivity contribution in [2.75, 3.05) is 13.1 Å². The minimum absolute atomic E-state index is 0. The molecule has 1 saturated heterocycles. The van der Waals surface area contributed by atoms with Crippen LogP contribution in [0.2, 0.25) is 0 Å². The molecule has 0 atom stereocenters. The van der Waals surface area contributed by atoms with E-state index >= 15 is 0 Å². The van der Waals surface area contributed by atoms with Crippen molar-refractivity contribution in [3.63, 3.8) is 0 Å². The van der Waals surface area contributed by atoms with Crippen molar-refractivity contribution in [2.45, 2.75) is 6.54 Å². The number of benzene rings is 2. The number of carbonyl (C=O) groups excluding carboxylic acids is 1. The topological polar surface area (TPSA) is 74.1 Å². The number of aliphatic carboxylic acids is 1. The molecule has 1 aliphatic heterocycles. The van der Waals surface area contributed by atoms with E-state index in [1.54, 1.807) is 4.68 Å². The molecule has 0 spiro atoms. The average Bonchev–Trinajstić information content (AvgIpc) is 3.09. The summed E-state index contributed by atoms with van der Waals surface area (Å²) in [5, 5.41) is 19.2. The molecule has 0 aliphatic carbocycles. The van der Waals surface area contributed by atoms with Gasteiger partial charge in [-0.25, -0.2) is 4.68 Å². The van der Waals surface area contributed by atoms with Crippen LogP contribution < -0.4 is 34.7 Å². The van der Waals surface area contributed by atoms with E-state index in [2.05, 4.69) is 15.2 Å². The second-order valence-corrected chi connectivity index (χ2v) is 6.29. The molecule has 6 nitrogen and oxygen atoms in total. The van der Waals surface area contributed by atoms with E-state index in [1.165, 1.54) is 0 Å². The Kier molecular flexibility index (Phi) is 5.88. The van der Waals surface area contributed by atoms with Crippen LogP contribution in [0.3, 0.4) is 0 Å². The molecule has 1 fully saturated rings. The van der Waals surface area contributed by atoms with Gasteiger partial charge in [0.15, 0.2) is 0 Å². The van der Waals surface area contributed by atoms with Crippen LogP contribution in [0.4, 0.5) is 0 Å². The number of likely N-dealkylation sites (tertiary alicyclic amines) is 1. The summed E-state index contributed by atoms with van der Waals surface area (Å²) in [5.74, 6) is -1.28.